The van der Waals surface area contributed by atoms with E-state index < -0.39 is 0 Å². The average molecular weight is 399 g/mol. The molecule has 0 fully saturated rings. The van der Waals surface area contributed by atoms with Crippen LogP contribution in [0.3, 0.4) is 0 Å². The fourth-order valence-electron chi connectivity index (χ4n) is 3.00. The minimum Gasteiger partial charge on any atom is -0.456 e. The summed E-state index contributed by atoms with van der Waals surface area (Å²) in [6.45, 7) is 0.508. The molecule has 0 bridgehead atoms. The Hall–Kier alpha value is -2.69. The third-order valence-corrected chi connectivity index (χ3v) is 5.06. The molecule has 4 nitrogen and oxygen atoms in total. The average Bonchev–Trinajstić information content (AvgIpc) is 3.03. The standard InChI is InChI=1S/C21H16Cl2N2O2/c22-17-7-6-14(12-18(17)23)25-21(26)24-10-9-13-5-8-20-16(11-13)15-3-1-2-4-19(15)27-20/h1-8,11-12H,9-10H2,(H2,24,25,26). The number of carbonyl (C=O) groups is 1. The topological polar surface area (TPSA) is 54.3 Å². The van der Waals surface area contributed by atoms with E-state index in [1.165, 1.54) is 0 Å². The number of hydrogen-bond donors (Lipinski definition) is 2. The van der Waals surface area contributed by atoms with Crippen molar-refractivity contribution in [2.75, 3.05) is 11.9 Å². The van der Waals surface area contributed by atoms with Gasteiger partial charge < -0.3 is 15.1 Å². The van der Waals surface area contributed by atoms with Crippen LogP contribution < -0.4 is 10.6 Å². The molecular formula is C21H16Cl2N2O2. The molecule has 0 atom stereocenters. The summed E-state index contributed by atoms with van der Waals surface area (Å²) < 4.78 is 5.83. The first kappa shape index (κ1) is 17.7. The second kappa shape index (κ2) is 7.51. The van der Waals surface area contributed by atoms with Gasteiger partial charge >= 0.3 is 6.03 Å². The Balaban J connectivity index is 1.39. The minimum absolute atomic E-state index is 0.289. The first-order valence-corrected chi connectivity index (χ1v) is 9.26. The smallest absolute Gasteiger partial charge is 0.319 e. The van der Waals surface area contributed by atoms with Crippen molar-refractivity contribution in [2.45, 2.75) is 6.42 Å². The highest BCUT2D eigenvalue weighted by Crippen LogP contribution is 2.29. The number of amides is 2. The number of fused-ring (bicyclic) bond motifs is 3. The molecule has 0 aliphatic heterocycles. The van der Waals surface area contributed by atoms with Gasteiger partial charge in [-0.2, -0.15) is 0 Å². The third-order valence-electron chi connectivity index (χ3n) is 4.32. The van der Waals surface area contributed by atoms with Crippen molar-refractivity contribution in [2.24, 2.45) is 0 Å². The van der Waals surface area contributed by atoms with Gasteiger partial charge in [0.15, 0.2) is 0 Å². The lowest BCUT2D eigenvalue weighted by atomic mass is 10.1. The number of furan rings is 1. The molecule has 27 heavy (non-hydrogen) atoms. The molecule has 2 N–H and O–H groups in total. The highest BCUT2D eigenvalue weighted by Gasteiger charge is 2.08. The molecule has 1 heterocycles. The number of anilines is 1. The zero-order valence-electron chi connectivity index (χ0n) is 14.3. The number of urea groups is 1. The van der Waals surface area contributed by atoms with Crippen molar-refractivity contribution in [3.63, 3.8) is 0 Å². The van der Waals surface area contributed by atoms with Crippen LogP contribution in [0, 0.1) is 0 Å². The van der Waals surface area contributed by atoms with Gasteiger partial charge in [0.25, 0.3) is 0 Å². The minimum atomic E-state index is -0.289. The number of halogens is 2. The monoisotopic (exact) mass is 398 g/mol. The van der Waals surface area contributed by atoms with Crippen molar-refractivity contribution in [1.82, 2.24) is 5.32 Å². The van der Waals surface area contributed by atoms with E-state index in [-0.39, 0.29) is 6.03 Å². The molecule has 0 unspecified atom stereocenters. The van der Waals surface area contributed by atoms with Crippen LogP contribution in [0.5, 0.6) is 0 Å². The van der Waals surface area contributed by atoms with Crippen molar-refractivity contribution in [3.05, 3.63) is 76.3 Å². The lowest BCUT2D eigenvalue weighted by Gasteiger charge is -2.08. The first-order chi connectivity index (χ1) is 13.1. The Morgan fingerprint density at radius 3 is 2.56 bits per heavy atom. The Labute approximate surface area is 166 Å². The predicted molar refractivity (Wildman–Crippen MR) is 111 cm³/mol. The third kappa shape index (κ3) is 3.87. The van der Waals surface area contributed by atoms with E-state index in [0.717, 1.165) is 27.5 Å². The highest BCUT2D eigenvalue weighted by atomic mass is 35.5. The van der Waals surface area contributed by atoms with Gasteiger partial charge in [-0.15, -0.1) is 0 Å². The molecule has 0 spiro atoms. The molecule has 3 aromatic carbocycles. The Bertz CT molecular complexity index is 1140. The van der Waals surface area contributed by atoms with Gasteiger partial charge in [-0.25, -0.2) is 4.79 Å². The molecule has 0 aliphatic rings. The van der Waals surface area contributed by atoms with Crippen LogP contribution >= 0.6 is 23.2 Å². The van der Waals surface area contributed by atoms with Crippen LogP contribution in [0.15, 0.2) is 65.1 Å². The Morgan fingerprint density at radius 1 is 0.889 bits per heavy atom. The number of rotatable bonds is 4. The molecule has 1 aromatic heterocycles. The van der Waals surface area contributed by atoms with E-state index in [1.807, 2.05) is 36.4 Å². The van der Waals surface area contributed by atoms with Crippen LogP contribution in [0.2, 0.25) is 10.0 Å². The number of hydrogen-bond acceptors (Lipinski definition) is 2. The SMILES string of the molecule is O=C(NCCc1ccc2oc3ccccc3c2c1)Nc1ccc(Cl)c(Cl)c1. The maximum absolute atomic E-state index is 12.0. The lowest BCUT2D eigenvalue weighted by Crippen LogP contribution is -2.30. The maximum Gasteiger partial charge on any atom is 0.319 e. The molecule has 6 heteroatoms. The number of benzene rings is 3. The summed E-state index contributed by atoms with van der Waals surface area (Å²) in [5.74, 6) is 0. The summed E-state index contributed by atoms with van der Waals surface area (Å²) in [4.78, 5) is 12.0. The second-order valence-corrected chi connectivity index (χ2v) is 7.00. The lowest BCUT2D eigenvalue weighted by molar-refractivity contribution is 0.252. The number of carbonyl (C=O) groups excluding carboxylic acids is 1. The van der Waals surface area contributed by atoms with E-state index in [4.69, 9.17) is 27.6 Å². The van der Waals surface area contributed by atoms with Crippen molar-refractivity contribution >= 4 is 56.9 Å². The fraction of sp³-hybridized carbons (Fsp3) is 0.0952. The van der Waals surface area contributed by atoms with Crippen molar-refractivity contribution in [3.8, 4) is 0 Å². The number of nitrogens with one attached hydrogen (secondary N) is 2. The van der Waals surface area contributed by atoms with E-state index in [9.17, 15) is 4.79 Å². The summed E-state index contributed by atoms with van der Waals surface area (Å²) in [5, 5.41) is 8.61. The summed E-state index contributed by atoms with van der Waals surface area (Å²) in [6.07, 6.45) is 0.713. The maximum atomic E-state index is 12.0. The zero-order chi connectivity index (χ0) is 18.8. The Morgan fingerprint density at radius 2 is 1.70 bits per heavy atom. The molecule has 0 saturated heterocycles. The molecular weight excluding hydrogens is 383 g/mol. The molecule has 0 saturated carbocycles. The van der Waals surface area contributed by atoms with Crippen LogP contribution in [0.25, 0.3) is 21.9 Å². The highest BCUT2D eigenvalue weighted by molar-refractivity contribution is 6.42. The molecule has 0 aliphatic carbocycles. The van der Waals surface area contributed by atoms with Gasteiger partial charge in [0, 0.05) is 23.0 Å². The summed E-state index contributed by atoms with van der Waals surface area (Å²) >= 11 is 11.8. The number of para-hydroxylation sites is 1. The molecule has 2 amide bonds. The normalized spacial score (nSPS) is 11.0. The van der Waals surface area contributed by atoms with E-state index >= 15 is 0 Å². The van der Waals surface area contributed by atoms with E-state index in [0.29, 0.717) is 28.7 Å². The van der Waals surface area contributed by atoms with Crippen LogP contribution in [-0.2, 0) is 6.42 Å². The van der Waals surface area contributed by atoms with Crippen molar-refractivity contribution < 1.29 is 9.21 Å². The molecule has 136 valence electrons. The van der Waals surface area contributed by atoms with Gasteiger partial charge in [0.05, 0.1) is 10.0 Å². The molecule has 4 aromatic rings. The van der Waals surface area contributed by atoms with Gasteiger partial charge in [0.2, 0.25) is 0 Å². The largest absolute Gasteiger partial charge is 0.456 e. The fourth-order valence-corrected chi connectivity index (χ4v) is 3.30. The van der Waals surface area contributed by atoms with Gasteiger partial charge in [0.1, 0.15) is 11.2 Å². The quantitative estimate of drug-likeness (QED) is 0.426. The van der Waals surface area contributed by atoms with Crippen LogP contribution in [0.4, 0.5) is 10.5 Å². The summed E-state index contributed by atoms with van der Waals surface area (Å²) in [6, 6.07) is 18.7. The van der Waals surface area contributed by atoms with E-state index in [2.05, 4.69) is 16.7 Å². The second-order valence-electron chi connectivity index (χ2n) is 6.19. The molecule has 4 rings (SSSR count). The van der Waals surface area contributed by atoms with Gasteiger partial charge in [-0.05, 0) is 48.4 Å². The van der Waals surface area contributed by atoms with Crippen LogP contribution in [-0.4, -0.2) is 12.6 Å². The zero-order valence-corrected chi connectivity index (χ0v) is 15.8. The molecule has 0 radical (unpaired) electrons. The summed E-state index contributed by atoms with van der Waals surface area (Å²) in [5.41, 5.74) is 3.46. The first-order valence-electron chi connectivity index (χ1n) is 8.50. The summed E-state index contributed by atoms with van der Waals surface area (Å²) in [7, 11) is 0. The van der Waals surface area contributed by atoms with Crippen LogP contribution in [0.1, 0.15) is 5.56 Å². The Kier molecular flexibility index (Phi) is 4.92. The van der Waals surface area contributed by atoms with E-state index in [1.54, 1.807) is 18.2 Å². The van der Waals surface area contributed by atoms with Gasteiger partial charge in [-0.1, -0.05) is 47.5 Å². The van der Waals surface area contributed by atoms with Gasteiger partial charge in [-0.3, -0.25) is 0 Å². The predicted octanol–water partition coefficient (Wildman–Crippen LogP) is 6.26. The van der Waals surface area contributed by atoms with Crippen molar-refractivity contribution in [1.29, 1.82) is 0 Å².